The molecule has 1 N–H and O–H groups in total. The molecule has 3 heterocycles. The fraction of sp³-hybridized carbons (Fsp3) is 0.600. The largest absolute Gasteiger partial charge is 0.337 e. The Labute approximate surface area is 128 Å². The van der Waals surface area contributed by atoms with E-state index in [1.165, 1.54) is 0 Å². The summed E-state index contributed by atoms with van der Waals surface area (Å²) in [6.45, 7) is 5.76. The number of H-pyrrole nitrogens is 1. The van der Waals surface area contributed by atoms with Gasteiger partial charge in [0.2, 0.25) is 0 Å². The zero-order chi connectivity index (χ0) is 15.4. The molecule has 1 unspecified atom stereocenters. The summed E-state index contributed by atoms with van der Waals surface area (Å²) in [6.07, 6.45) is 1.74. The van der Waals surface area contributed by atoms with Gasteiger partial charge in [0, 0.05) is 31.7 Å². The summed E-state index contributed by atoms with van der Waals surface area (Å²) in [6, 6.07) is 1.87. The van der Waals surface area contributed by atoms with E-state index in [1.807, 2.05) is 22.6 Å². The highest BCUT2D eigenvalue weighted by Crippen LogP contribution is 2.57. The number of fused-ring (bicyclic) bond motifs is 1. The van der Waals surface area contributed by atoms with Crippen LogP contribution in [-0.4, -0.2) is 48.9 Å². The van der Waals surface area contributed by atoms with Crippen LogP contribution in [0, 0.1) is 11.8 Å². The van der Waals surface area contributed by atoms with Crippen molar-refractivity contribution in [2.45, 2.75) is 25.7 Å². The molecule has 1 saturated carbocycles. The normalized spacial score (nSPS) is 26.5. The third kappa shape index (κ3) is 1.95. The summed E-state index contributed by atoms with van der Waals surface area (Å²) in [4.78, 5) is 14.4. The molecular formula is C15H20N6O. The van der Waals surface area contributed by atoms with E-state index < -0.39 is 0 Å². The number of aryl methyl sites for hydroxylation is 1. The second kappa shape index (κ2) is 4.66. The van der Waals surface area contributed by atoms with Gasteiger partial charge in [-0.05, 0) is 23.8 Å². The summed E-state index contributed by atoms with van der Waals surface area (Å²) in [7, 11) is 1.98. The lowest BCUT2D eigenvalue weighted by atomic mass is 10.1. The van der Waals surface area contributed by atoms with Gasteiger partial charge in [-0.25, -0.2) is 0 Å². The SMILES string of the molecule is CC(C)c1cc(C(=O)N2C[C@@H]3C(c4nncn4C)[C@@H]3C2)n[nH]1. The molecule has 2 aromatic rings. The first-order valence-corrected chi connectivity index (χ1v) is 7.74. The molecule has 2 fully saturated rings. The van der Waals surface area contributed by atoms with Gasteiger partial charge in [-0.3, -0.25) is 9.89 Å². The fourth-order valence-corrected chi connectivity index (χ4v) is 3.57. The van der Waals surface area contributed by atoms with Crippen molar-refractivity contribution in [2.75, 3.05) is 13.1 Å². The summed E-state index contributed by atoms with van der Waals surface area (Å²) >= 11 is 0. The van der Waals surface area contributed by atoms with Crippen molar-refractivity contribution in [1.82, 2.24) is 29.9 Å². The minimum absolute atomic E-state index is 0.0343. The van der Waals surface area contributed by atoms with Crippen molar-refractivity contribution in [3.05, 3.63) is 29.6 Å². The van der Waals surface area contributed by atoms with Crippen LogP contribution in [0.4, 0.5) is 0 Å². The number of amides is 1. The smallest absolute Gasteiger partial charge is 0.274 e. The Morgan fingerprint density at radius 1 is 1.36 bits per heavy atom. The zero-order valence-electron chi connectivity index (χ0n) is 13.0. The molecule has 0 aromatic carbocycles. The third-order valence-corrected chi connectivity index (χ3v) is 4.96. The van der Waals surface area contributed by atoms with Crippen LogP contribution in [0.5, 0.6) is 0 Å². The maximum absolute atomic E-state index is 12.5. The number of hydrogen-bond donors (Lipinski definition) is 1. The summed E-state index contributed by atoms with van der Waals surface area (Å²) in [5.74, 6) is 2.94. The van der Waals surface area contributed by atoms with Gasteiger partial charge in [0.05, 0.1) is 0 Å². The minimum atomic E-state index is 0.0343. The molecule has 116 valence electrons. The van der Waals surface area contributed by atoms with E-state index in [2.05, 4.69) is 34.2 Å². The first-order chi connectivity index (χ1) is 10.6. The quantitative estimate of drug-likeness (QED) is 0.922. The standard InChI is InChI=1S/C15H20N6O/c1-8(2)11-4-12(18-17-11)15(22)21-5-9-10(6-21)13(9)14-19-16-7-20(14)3/h4,7-10,13H,5-6H2,1-3H3,(H,17,18)/t9-,10+,13?. The van der Waals surface area contributed by atoms with Crippen molar-refractivity contribution in [2.24, 2.45) is 18.9 Å². The molecule has 1 aliphatic carbocycles. The highest BCUT2D eigenvalue weighted by Gasteiger charge is 2.59. The number of carbonyl (C=O) groups is 1. The lowest BCUT2D eigenvalue weighted by Gasteiger charge is -2.18. The zero-order valence-corrected chi connectivity index (χ0v) is 13.0. The molecule has 0 radical (unpaired) electrons. The van der Waals surface area contributed by atoms with Crippen LogP contribution in [0.15, 0.2) is 12.4 Å². The van der Waals surface area contributed by atoms with Crippen LogP contribution >= 0.6 is 0 Å². The Bertz CT molecular complexity index is 705. The topological polar surface area (TPSA) is 79.7 Å². The van der Waals surface area contributed by atoms with E-state index in [1.54, 1.807) is 6.33 Å². The first-order valence-electron chi connectivity index (χ1n) is 7.74. The fourth-order valence-electron chi connectivity index (χ4n) is 3.57. The van der Waals surface area contributed by atoms with Gasteiger partial charge in [0.1, 0.15) is 17.8 Å². The number of nitrogens with one attached hydrogen (secondary N) is 1. The van der Waals surface area contributed by atoms with Gasteiger partial charge in [0.15, 0.2) is 0 Å². The highest BCUT2D eigenvalue weighted by atomic mass is 16.2. The maximum Gasteiger partial charge on any atom is 0.274 e. The lowest BCUT2D eigenvalue weighted by Crippen LogP contribution is -2.31. The lowest BCUT2D eigenvalue weighted by molar-refractivity contribution is 0.0766. The van der Waals surface area contributed by atoms with Crippen LogP contribution in [0.3, 0.4) is 0 Å². The number of aromatic nitrogens is 5. The van der Waals surface area contributed by atoms with E-state index in [0.717, 1.165) is 24.6 Å². The summed E-state index contributed by atoms with van der Waals surface area (Å²) < 4.78 is 1.98. The molecule has 0 bridgehead atoms. The number of piperidine rings is 1. The maximum atomic E-state index is 12.5. The predicted molar refractivity (Wildman–Crippen MR) is 79.3 cm³/mol. The Balaban J connectivity index is 1.43. The molecule has 0 spiro atoms. The highest BCUT2D eigenvalue weighted by molar-refractivity contribution is 5.92. The number of aromatic amines is 1. The Hall–Kier alpha value is -2.18. The van der Waals surface area contributed by atoms with E-state index >= 15 is 0 Å². The second-order valence-corrected chi connectivity index (χ2v) is 6.73. The average molecular weight is 300 g/mol. The van der Waals surface area contributed by atoms with E-state index in [0.29, 0.717) is 29.4 Å². The van der Waals surface area contributed by atoms with Crippen LogP contribution in [0.25, 0.3) is 0 Å². The van der Waals surface area contributed by atoms with E-state index in [9.17, 15) is 4.79 Å². The van der Waals surface area contributed by atoms with Gasteiger partial charge in [-0.15, -0.1) is 10.2 Å². The number of carbonyl (C=O) groups excluding carboxylic acids is 1. The molecule has 1 aliphatic heterocycles. The van der Waals surface area contributed by atoms with Crippen molar-refractivity contribution >= 4 is 5.91 Å². The van der Waals surface area contributed by atoms with Crippen molar-refractivity contribution in [3.8, 4) is 0 Å². The molecule has 7 nitrogen and oxygen atoms in total. The molecule has 2 aliphatic rings. The molecule has 4 rings (SSSR count). The summed E-state index contributed by atoms with van der Waals surface area (Å²) in [5, 5.41) is 15.3. The van der Waals surface area contributed by atoms with Gasteiger partial charge in [0.25, 0.3) is 5.91 Å². The number of nitrogens with zero attached hydrogens (tertiary/aromatic N) is 5. The minimum Gasteiger partial charge on any atom is -0.337 e. The first kappa shape index (κ1) is 13.5. The Morgan fingerprint density at radius 3 is 2.64 bits per heavy atom. The van der Waals surface area contributed by atoms with Crippen LogP contribution < -0.4 is 0 Å². The Morgan fingerprint density at radius 2 is 2.09 bits per heavy atom. The van der Waals surface area contributed by atoms with Crippen molar-refractivity contribution in [1.29, 1.82) is 0 Å². The van der Waals surface area contributed by atoms with Gasteiger partial charge in [-0.1, -0.05) is 13.8 Å². The molecule has 7 heteroatoms. The molecular weight excluding hydrogens is 280 g/mol. The Kier molecular flexibility index (Phi) is 2.85. The van der Waals surface area contributed by atoms with Gasteiger partial charge in [-0.2, -0.15) is 5.10 Å². The average Bonchev–Trinajstić information content (AvgIpc) is 2.98. The molecule has 1 saturated heterocycles. The summed E-state index contributed by atoms with van der Waals surface area (Å²) in [5.41, 5.74) is 1.53. The molecule has 2 aromatic heterocycles. The molecule has 1 amide bonds. The van der Waals surface area contributed by atoms with E-state index in [4.69, 9.17) is 0 Å². The number of rotatable bonds is 3. The predicted octanol–water partition coefficient (Wildman–Crippen LogP) is 1.15. The number of likely N-dealkylation sites (tertiary alicyclic amines) is 1. The van der Waals surface area contributed by atoms with Crippen molar-refractivity contribution in [3.63, 3.8) is 0 Å². The third-order valence-electron chi connectivity index (χ3n) is 4.96. The van der Waals surface area contributed by atoms with Crippen LogP contribution in [0.1, 0.15) is 47.7 Å². The number of hydrogen-bond acceptors (Lipinski definition) is 4. The molecule has 22 heavy (non-hydrogen) atoms. The van der Waals surface area contributed by atoms with Crippen LogP contribution in [-0.2, 0) is 7.05 Å². The van der Waals surface area contributed by atoms with Crippen molar-refractivity contribution < 1.29 is 4.79 Å². The van der Waals surface area contributed by atoms with Gasteiger partial charge < -0.3 is 9.47 Å². The second-order valence-electron chi connectivity index (χ2n) is 6.73. The van der Waals surface area contributed by atoms with Gasteiger partial charge >= 0.3 is 0 Å². The monoisotopic (exact) mass is 300 g/mol. The van der Waals surface area contributed by atoms with Crippen LogP contribution in [0.2, 0.25) is 0 Å². The molecule has 3 atom stereocenters. The van der Waals surface area contributed by atoms with E-state index in [-0.39, 0.29) is 5.91 Å².